The minimum absolute atomic E-state index is 0.0142. The number of likely N-dealkylation sites (N-methyl/N-ethyl adjacent to an activating group) is 1. The summed E-state index contributed by atoms with van der Waals surface area (Å²) in [6, 6.07) is 1.83. The van der Waals surface area contributed by atoms with Gasteiger partial charge in [0.1, 0.15) is 24.6 Å². The van der Waals surface area contributed by atoms with Crippen LogP contribution >= 0.6 is 0 Å². The Hall–Kier alpha value is -2.39. The number of hydrogen-bond donors (Lipinski definition) is 0. The summed E-state index contributed by atoms with van der Waals surface area (Å²) >= 11 is 0. The maximum Gasteiger partial charge on any atom is 0.406 e. The van der Waals surface area contributed by atoms with Crippen LogP contribution in [0, 0.1) is 10.1 Å². The number of nitrogens with zero attached hydrogens (tertiary/aromatic N) is 4. The van der Waals surface area contributed by atoms with Crippen molar-refractivity contribution in [2.24, 2.45) is 0 Å². The van der Waals surface area contributed by atoms with E-state index >= 15 is 0 Å². The lowest BCUT2D eigenvalue weighted by atomic mass is 10.2. The van der Waals surface area contributed by atoms with Crippen LogP contribution in [-0.2, 0) is 4.79 Å². The average molecular weight is 318 g/mol. The molecule has 22 heavy (non-hydrogen) atoms. The summed E-state index contributed by atoms with van der Waals surface area (Å²) in [4.78, 5) is 28.0. The van der Waals surface area contributed by atoms with Gasteiger partial charge in [0.25, 0.3) is 5.69 Å². The summed E-state index contributed by atoms with van der Waals surface area (Å²) in [7, 11) is 1.52. The van der Waals surface area contributed by atoms with Crippen molar-refractivity contribution in [2.75, 3.05) is 25.0 Å². The first kappa shape index (κ1) is 16.0. The highest BCUT2D eigenvalue weighted by Gasteiger charge is 2.41. The van der Waals surface area contributed by atoms with E-state index in [9.17, 15) is 28.1 Å². The summed E-state index contributed by atoms with van der Waals surface area (Å²) in [5, 5.41) is 10.6. The molecule has 1 aromatic heterocycles. The van der Waals surface area contributed by atoms with Gasteiger partial charge in [0.05, 0.1) is 4.92 Å². The number of likely N-dealkylation sites (tertiary alicyclic amines) is 1. The molecule has 1 saturated heterocycles. The molecule has 1 amide bonds. The van der Waals surface area contributed by atoms with Gasteiger partial charge in [-0.1, -0.05) is 0 Å². The summed E-state index contributed by atoms with van der Waals surface area (Å²) in [6.07, 6.45) is -3.16. The van der Waals surface area contributed by atoms with Crippen molar-refractivity contribution in [3.05, 3.63) is 28.4 Å². The minimum Gasteiger partial charge on any atom is -0.348 e. The number of aromatic nitrogens is 1. The fourth-order valence-electron chi connectivity index (χ4n) is 2.31. The SMILES string of the molecule is CN(c1ccc([N+](=O)[O-])cn1)C1CCN(CC(F)(F)F)C1=O. The molecule has 7 nitrogen and oxygen atoms in total. The molecule has 1 aliphatic heterocycles. The Kier molecular flexibility index (Phi) is 4.20. The molecule has 0 spiro atoms. The van der Waals surface area contributed by atoms with E-state index in [4.69, 9.17) is 0 Å². The number of carbonyl (C=O) groups is 1. The van der Waals surface area contributed by atoms with Crippen LogP contribution in [-0.4, -0.2) is 53.1 Å². The predicted octanol–water partition coefficient (Wildman–Crippen LogP) is 1.59. The largest absolute Gasteiger partial charge is 0.406 e. The van der Waals surface area contributed by atoms with E-state index in [0.29, 0.717) is 0 Å². The van der Waals surface area contributed by atoms with Crippen LogP contribution in [0.25, 0.3) is 0 Å². The highest BCUT2D eigenvalue weighted by molar-refractivity contribution is 5.87. The molecule has 10 heteroatoms. The van der Waals surface area contributed by atoms with Crippen molar-refractivity contribution >= 4 is 17.4 Å². The van der Waals surface area contributed by atoms with Gasteiger partial charge in [-0.2, -0.15) is 13.2 Å². The number of rotatable bonds is 4. The molecule has 0 aliphatic carbocycles. The van der Waals surface area contributed by atoms with E-state index in [0.717, 1.165) is 11.1 Å². The maximum atomic E-state index is 12.4. The van der Waals surface area contributed by atoms with Crippen molar-refractivity contribution in [2.45, 2.75) is 18.6 Å². The Morgan fingerprint density at radius 1 is 1.50 bits per heavy atom. The summed E-state index contributed by atoms with van der Waals surface area (Å²) in [6.45, 7) is -1.26. The second-order valence-corrected chi connectivity index (χ2v) is 4.92. The van der Waals surface area contributed by atoms with Crippen LogP contribution in [0.15, 0.2) is 18.3 Å². The normalized spacial score (nSPS) is 18.6. The number of halogens is 3. The molecule has 1 aliphatic rings. The standard InChI is InChI=1S/C12H13F3N4O3/c1-17(10-3-2-8(6-16-10)19(21)22)9-4-5-18(11(9)20)7-12(13,14)15/h2-3,6,9H,4-5,7H2,1H3. The van der Waals surface area contributed by atoms with Crippen molar-refractivity contribution in [3.63, 3.8) is 0 Å². The van der Waals surface area contributed by atoms with Gasteiger partial charge in [-0.05, 0) is 12.5 Å². The molecule has 0 N–H and O–H groups in total. The molecule has 0 bridgehead atoms. The molecule has 0 radical (unpaired) electrons. The molecular formula is C12H13F3N4O3. The van der Waals surface area contributed by atoms with Crippen molar-refractivity contribution in [3.8, 4) is 0 Å². The summed E-state index contributed by atoms with van der Waals surface area (Å²) in [5.74, 6) is -0.335. The molecule has 2 rings (SSSR count). The summed E-state index contributed by atoms with van der Waals surface area (Å²) in [5.41, 5.74) is -0.200. The minimum atomic E-state index is -4.44. The van der Waals surface area contributed by atoms with E-state index in [1.807, 2.05) is 0 Å². The van der Waals surface area contributed by atoms with Crippen LogP contribution in [0.4, 0.5) is 24.7 Å². The molecule has 0 aromatic carbocycles. The highest BCUT2D eigenvalue weighted by atomic mass is 19.4. The Morgan fingerprint density at radius 2 is 2.18 bits per heavy atom. The zero-order chi connectivity index (χ0) is 16.5. The first-order valence-electron chi connectivity index (χ1n) is 6.38. The smallest absolute Gasteiger partial charge is 0.348 e. The third-order valence-electron chi connectivity index (χ3n) is 3.41. The molecule has 2 heterocycles. The molecular weight excluding hydrogens is 305 g/mol. The Balaban J connectivity index is 2.08. The first-order chi connectivity index (χ1) is 10.2. The summed E-state index contributed by atoms with van der Waals surface area (Å²) < 4.78 is 37.1. The van der Waals surface area contributed by atoms with E-state index in [2.05, 4.69) is 4.98 Å². The van der Waals surface area contributed by atoms with Gasteiger partial charge in [0.2, 0.25) is 5.91 Å². The molecule has 1 unspecified atom stereocenters. The van der Waals surface area contributed by atoms with Gasteiger partial charge in [-0.15, -0.1) is 0 Å². The highest BCUT2D eigenvalue weighted by Crippen LogP contribution is 2.25. The number of anilines is 1. The number of carbonyl (C=O) groups excluding carboxylic acids is 1. The zero-order valence-electron chi connectivity index (χ0n) is 11.6. The number of nitro groups is 1. The quantitative estimate of drug-likeness (QED) is 0.622. The molecule has 0 saturated carbocycles. The third-order valence-corrected chi connectivity index (χ3v) is 3.41. The lowest BCUT2D eigenvalue weighted by molar-refractivity contribution is -0.385. The molecule has 120 valence electrons. The average Bonchev–Trinajstić information content (AvgIpc) is 2.77. The van der Waals surface area contributed by atoms with E-state index < -0.39 is 29.6 Å². The van der Waals surface area contributed by atoms with E-state index in [1.54, 1.807) is 0 Å². The lowest BCUT2D eigenvalue weighted by Gasteiger charge is -2.25. The fraction of sp³-hybridized carbons (Fsp3) is 0.500. The Bertz CT molecular complexity index is 576. The van der Waals surface area contributed by atoms with E-state index in [-0.39, 0.29) is 24.5 Å². The second kappa shape index (κ2) is 5.78. The molecule has 1 aromatic rings. The van der Waals surface area contributed by atoms with Crippen LogP contribution in [0.5, 0.6) is 0 Å². The lowest BCUT2D eigenvalue weighted by Crippen LogP contribution is -2.42. The van der Waals surface area contributed by atoms with Crippen LogP contribution in [0.3, 0.4) is 0 Å². The van der Waals surface area contributed by atoms with Gasteiger partial charge in [0, 0.05) is 19.7 Å². The van der Waals surface area contributed by atoms with Crippen LogP contribution in [0.2, 0.25) is 0 Å². The molecule has 1 fully saturated rings. The van der Waals surface area contributed by atoms with Crippen molar-refractivity contribution < 1.29 is 22.9 Å². The predicted molar refractivity (Wildman–Crippen MR) is 70.3 cm³/mol. The van der Waals surface area contributed by atoms with Gasteiger partial charge in [0.15, 0.2) is 0 Å². The number of pyridine rings is 1. The van der Waals surface area contributed by atoms with Crippen molar-refractivity contribution in [1.29, 1.82) is 0 Å². The van der Waals surface area contributed by atoms with Gasteiger partial charge in [-0.3, -0.25) is 14.9 Å². The number of hydrogen-bond acceptors (Lipinski definition) is 5. The van der Waals surface area contributed by atoms with Crippen molar-refractivity contribution in [1.82, 2.24) is 9.88 Å². The van der Waals surface area contributed by atoms with Crippen LogP contribution < -0.4 is 4.90 Å². The molecule has 1 atom stereocenters. The number of alkyl halides is 3. The zero-order valence-corrected chi connectivity index (χ0v) is 11.6. The third kappa shape index (κ3) is 3.43. The monoisotopic (exact) mass is 318 g/mol. The second-order valence-electron chi connectivity index (χ2n) is 4.92. The van der Waals surface area contributed by atoms with Crippen LogP contribution in [0.1, 0.15) is 6.42 Å². The van der Waals surface area contributed by atoms with Gasteiger partial charge in [-0.25, -0.2) is 4.98 Å². The topological polar surface area (TPSA) is 79.6 Å². The number of amides is 1. The first-order valence-corrected chi connectivity index (χ1v) is 6.38. The van der Waals surface area contributed by atoms with E-state index in [1.165, 1.54) is 24.1 Å². The Morgan fingerprint density at radius 3 is 2.68 bits per heavy atom. The maximum absolute atomic E-state index is 12.4. The fourth-order valence-corrected chi connectivity index (χ4v) is 2.31. The van der Waals surface area contributed by atoms with Gasteiger partial charge >= 0.3 is 6.18 Å². The van der Waals surface area contributed by atoms with Gasteiger partial charge < -0.3 is 9.80 Å². The Labute approximate surface area is 123 Å².